The fraction of sp³-hybridized carbons (Fsp3) is 0.267. The molecule has 0 radical (unpaired) electrons. The Bertz CT molecular complexity index is 842. The maximum absolute atomic E-state index is 11.3. The zero-order chi connectivity index (χ0) is 16.4. The normalized spacial score (nSPS) is 12.3. The highest BCUT2D eigenvalue weighted by Crippen LogP contribution is 2.31. The Labute approximate surface area is 136 Å². The number of hydrogen-bond acceptors (Lipinski definition) is 6. The second-order valence-electron chi connectivity index (χ2n) is 4.97. The number of thiazole rings is 1. The number of benzene rings is 1. The van der Waals surface area contributed by atoms with Crippen molar-refractivity contribution < 1.29 is 9.66 Å². The maximum Gasteiger partial charge on any atom is 0.372 e. The summed E-state index contributed by atoms with van der Waals surface area (Å²) in [6.45, 7) is 4.45. The van der Waals surface area contributed by atoms with E-state index in [0.717, 1.165) is 11.3 Å². The van der Waals surface area contributed by atoms with Crippen LogP contribution in [0.15, 0.2) is 35.8 Å². The number of nitro groups is 1. The molecule has 7 nitrogen and oxygen atoms in total. The van der Waals surface area contributed by atoms with Crippen LogP contribution in [0.3, 0.4) is 0 Å². The lowest BCUT2D eigenvalue weighted by molar-refractivity contribution is -0.389. The van der Waals surface area contributed by atoms with Crippen LogP contribution >= 0.6 is 11.3 Å². The van der Waals surface area contributed by atoms with Gasteiger partial charge in [-0.1, -0.05) is 23.5 Å². The predicted octanol–water partition coefficient (Wildman–Crippen LogP) is 3.88. The summed E-state index contributed by atoms with van der Waals surface area (Å²) >= 11 is 1.36. The number of nitrogens with zero attached hydrogens (tertiary/aromatic N) is 3. The van der Waals surface area contributed by atoms with Gasteiger partial charge >= 0.3 is 5.82 Å². The van der Waals surface area contributed by atoms with Gasteiger partial charge in [0.05, 0.1) is 12.6 Å². The first-order valence-electron chi connectivity index (χ1n) is 7.19. The molecule has 0 aliphatic heterocycles. The number of aromatic nitrogens is 2. The Kier molecular flexibility index (Phi) is 4.16. The Morgan fingerprint density at radius 3 is 3.09 bits per heavy atom. The number of anilines is 1. The number of imidazole rings is 1. The van der Waals surface area contributed by atoms with Crippen LogP contribution < -0.4 is 10.1 Å². The molecule has 0 aliphatic rings. The van der Waals surface area contributed by atoms with Gasteiger partial charge in [0.1, 0.15) is 11.9 Å². The van der Waals surface area contributed by atoms with Crippen molar-refractivity contribution in [2.24, 2.45) is 0 Å². The summed E-state index contributed by atoms with van der Waals surface area (Å²) in [7, 11) is 0. The lowest BCUT2D eigenvalue weighted by atomic mass is 10.1. The minimum atomic E-state index is -0.418. The standard InChI is InChI=1S/C15H16N4O3S/c1-3-22-12-6-4-5-11(9-12)10(2)16-13-14(19(20)21)18-7-8-23-15(18)17-13/h4-10,16H,3H2,1-2H3. The summed E-state index contributed by atoms with van der Waals surface area (Å²) < 4.78 is 6.97. The Balaban J connectivity index is 1.89. The van der Waals surface area contributed by atoms with Crippen LogP contribution in [-0.2, 0) is 0 Å². The lowest BCUT2D eigenvalue weighted by Crippen LogP contribution is -2.09. The van der Waals surface area contributed by atoms with E-state index in [4.69, 9.17) is 4.74 Å². The van der Waals surface area contributed by atoms with Crippen molar-refractivity contribution in [2.45, 2.75) is 19.9 Å². The van der Waals surface area contributed by atoms with Crippen LogP contribution in [0.4, 0.5) is 11.6 Å². The highest BCUT2D eigenvalue weighted by atomic mass is 32.1. The van der Waals surface area contributed by atoms with Gasteiger partial charge in [0, 0.05) is 5.38 Å². The van der Waals surface area contributed by atoms with Gasteiger partial charge in [-0.3, -0.25) is 0 Å². The monoisotopic (exact) mass is 332 g/mol. The quantitative estimate of drug-likeness (QED) is 0.547. The molecule has 1 N–H and O–H groups in total. The van der Waals surface area contributed by atoms with Crippen molar-refractivity contribution in [3.63, 3.8) is 0 Å². The Morgan fingerprint density at radius 2 is 2.35 bits per heavy atom. The van der Waals surface area contributed by atoms with E-state index >= 15 is 0 Å². The lowest BCUT2D eigenvalue weighted by Gasteiger charge is -2.14. The summed E-state index contributed by atoms with van der Waals surface area (Å²) in [6, 6.07) is 7.52. The van der Waals surface area contributed by atoms with E-state index in [1.807, 2.05) is 38.1 Å². The molecule has 0 amide bonds. The fourth-order valence-electron chi connectivity index (χ4n) is 2.37. The molecule has 0 bridgehead atoms. The van der Waals surface area contributed by atoms with Crippen molar-refractivity contribution in [3.8, 4) is 5.75 Å². The first kappa shape index (κ1) is 15.3. The number of rotatable bonds is 6. The average Bonchev–Trinajstić information content (AvgIpc) is 3.07. The molecular weight excluding hydrogens is 316 g/mol. The second-order valence-corrected chi connectivity index (χ2v) is 5.84. The topological polar surface area (TPSA) is 81.7 Å². The molecular formula is C15H16N4O3S. The Morgan fingerprint density at radius 1 is 1.52 bits per heavy atom. The average molecular weight is 332 g/mol. The van der Waals surface area contributed by atoms with E-state index in [2.05, 4.69) is 10.3 Å². The number of nitrogens with one attached hydrogen (secondary N) is 1. The summed E-state index contributed by atoms with van der Waals surface area (Å²) in [5, 5.41) is 16.2. The Hall–Kier alpha value is -2.61. The van der Waals surface area contributed by atoms with Gasteiger partial charge < -0.3 is 20.2 Å². The first-order chi connectivity index (χ1) is 11.1. The number of fused-ring (bicyclic) bond motifs is 1. The molecule has 0 saturated carbocycles. The number of hydrogen-bond donors (Lipinski definition) is 1. The molecule has 1 atom stereocenters. The molecule has 1 aromatic carbocycles. The fourth-order valence-corrected chi connectivity index (χ4v) is 3.08. The molecule has 120 valence electrons. The van der Waals surface area contributed by atoms with Gasteiger partial charge in [0.15, 0.2) is 0 Å². The molecule has 2 aromatic heterocycles. The minimum absolute atomic E-state index is 0.0472. The maximum atomic E-state index is 11.3. The minimum Gasteiger partial charge on any atom is -0.494 e. The molecule has 1 unspecified atom stereocenters. The first-order valence-corrected chi connectivity index (χ1v) is 8.07. The molecule has 0 saturated heterocycles. The van der Waals surface area contributed by atoms with E-state index in [-0.39, 0.29) is 17.7 Å². The van der Waals surface area contributed by atoms with Gasteiger partial charge in [-0.2, -0.15) is 9.38 Å². The van der Waals surface area contributed by atoms with Gasteiger partial charge in [0.2, 0.25) is 5.82 Å². The molecule has 3 rings (SSSR count). The SMILES string of the molecule is CCOc1cccc(C(C)Nc2nc3sccn3c2[N+](=O)[O-])c1. The molecule has 0 aliphatic carbocycles. The van der Waals surface area contributed by atoms with Crippen LogP contribution in [0.1, 0.15) is 25.5 Å². The third-order valence-corrected chi connectivity index (χ3v) is 4.19. The van der Waals surface area contributed by atoms with Crippen LogP contribution in [0, 0.1) is 10.1 Å². The van der Waals surface area contributed by atoms with Gasteiger partial charge in [-0.25, -0.2) is 0 Å². The second kappa shape index (κ2) is 6.25. The molecule has 8 heteroatoms. The summed E-state index contributed by atoms with van der Waals surface area (Å²) in [4.78, 5) is 15.8. The van der Waals surface area contributed by atoms with Crippen molar-refractivity contribution >= 4 is 27.9 Å². The van der Waals surface area contributed by atoms with Gasteiger partial charge in [0.25, 0.3) is 4.96 Å². The van der Waals surface area contributed by atoms with Crippen molar-refractivity contribution in [1.29, 1.82) is 0 Å². The largest absolute Gasteiger partial charge is 0.494 e. The summed E-state index contributed by atoms with van der Waals surface area (Å²) in [5.74, 6) is 1.00. The van der Waals surface area contributed by atoms with E-state index in [1.54, 1.807) is 11.6 Å². The zero-order valence-corrected chi connectivity index (χ0v) is 13.5. The molecule has 3 aromatic rings. The van der Waals surface area contributed by atoms with E-state index in [1.165, 1.54) is 15.7 Å². The highest BCUT2D eigenvalue weighted by Gasteiger charge is 2.24. The van der Waals surface area contributed by atoms with Crippen LogP contribution in [0.5, 0.6) is 5.75 Å². The van der Waals surface area contributed by atoms with Crippen molar-refractivity contribution in [2.75, 3.05) is 11.9 Å². The van der Waals surface area contributed by atoms with Crippen molar-refractivity contribution in [1.82, 2.24) is 9.38 Å². The third kappa shape index (κ3) is 2.98. The van der Waals surface area contributed by atoms with E-state index < -0.39 is 4.92 Å². The van der Waals surface area contributed by atoms with Crippen LogP contribution in [-0.4, -0.2) is 20.9 Å². The van der Waals surface area contributed by atoms with Crippen LogP contribution in [0.25, 0.3) is 4.96 Å². The number of ether oxygens (including phenoxy) is 1. The third-order valence-electron chi connectivity index (χ3n) is 3.43. The van der Waals surface area contributed by atoms with Gasteiger partial charge in [-0.05, 0) is 36.5 Å². The highest BCUT2D eigenvalue weighted by molar-refractivity contribution is 7.15. The molecule has 0 fully saturated rings. The summed E-state index contributed by atoms with van der Waals surface area (Å²) in [6.07, 6.45) is 1.65. The summed E-state index contributed by atoms with van der Waals surface area (Å²) in [5.41, 5.74) is 0.974. The molecule has 0 spiro atoms. The van der Waals surface area contributed by atoms with E-state index in [9.17, 15) is 10.1 Å². The van der Waals surface area contributed by atoms with Crippen molar-refractivity contribution in [3.05, 3.63) is 51.5 Å². The molecule has 23 heavy (non-hydrogen) atoms. The van der Waals surface area contributed by atoms with Gasteiger partial charge in [-0.15, -0.1) is 0 Å². The predicted molar refractivity (Wildman–Crippen MR) is 89.4 cm³/mol. The molecule has 2 heterocycles. The smallest absolute Gasteiger partial charge is 0.372 e. The van der Waals surface area contributed by atoms with E-state index in [0.29, 0.717) is 11.6 Å². The zero-order valence-electron chi connectivity index (χ0n) is 12.7. The van der Waals surface area contributed by atoms with Crippen LogP contribution in [0.2, 0.25) is 0 Å².